The zero-order valence-electron chi connectivity index (χ0n) is 15.6. The number of nitrogens with zero attached hydrogens (tertiary/aromatic N) is 3. The number of carbonyl (C=O) groups excluding carboxylic acids is 1. The van der Waals surface area contributed by atoms with Gasteiger partial charge in [0.25, 0.3) is 0 Å². The van der Waals surface area contributed by atoms with Crippen LogP contribution in [-0.2, 0) is 17.5 Å². The lowest BCUT2D eigenvalue weighted by Crippen LogP contribution is -2.35. The first-order chi connectivity index (χ1) is 13.3. The molecule has 9 heteroatoms. The molecule has 0 spiro atoms. The van der Waals surface area contributed by atoms with E-state index in [4.69, 9.17) is 4.52 Å². The summed E-state index contributed by atoms with van der Waals surface area (Å²) in [6.07, 6.45) is -1.23. The highest BCUT2D eigenvalue weighted by Crippen LogP contribution is 2.30. The van der Waals surface area contributed by atoms with Gasteiger partial charge in [-0.1, -0.05) is 5.16 Å². The van der Waals surface area contributed by atoms with E-state index in [1.807, 2.05) is 0 Å². The Labute approximate surface area is 161 Å². The zero-order valence-corrected chi connectivity index (χ0v) is 15.6. The van der Waals surface area contributed by atoms with Crippen LogP contribution in [0.15, 0.2) is 28.8 Å². The summed E-state index contributed by atoms with van der Waals surface area (Å²) in [5.41, 5.74) is -0.362. The summed E-state index contributed by atoms with van der Waals surface area (Å²) in [6, 6.07) is 4.48. The van der Waals surface area contributed by atoms with Crippen molar-refractivity contribution in [2.75, 3.05) is 18.4 Å². The molecule has 0 bridgehead atoms. The van der Waals surface area contributed by atoms with E-state index in [9.17, 15) is 18.0 Å². The van der Waals surface area contributed by atoms with Crippen LogP contribution in [0.2, 0.25) is 0 Å². The minimum absolute atomic E-state index is 0.190. The Balaban J connectivity index is 1.43. The van der Waals surface area contributed by atoms with Crippen LogP contribution in [0.1, 0.15) is 43.0 Å². The number of hydrogen-bond donors (Lipinski definition) is 1. The van der Waals surface area contributed by atoms with Crippen molar-refractivity contribution in [3.63, 3.8) is 0 Å². The molecule has 0 unspecified atom stereocenters. The highest BCUT2D eigenvalue weighted by atomic mass is 19.4. The van der Waals surface area contributed by atoms with Crippen LogP contribution in [0.3, 0.4) is 0 Å². The van der Waals surface area contributed by atoms with E-state index in [1.165, 1.54) is 12.1 Å². The molecule has 0 saturated carbocycles. The average molecular weight is 396 g/mol. The number of piperidine rings is 1. The van der Waals surface area contributed by atoms with E-state index < -0.39 is 11.7 Å². The average Bonchev–Trinajstić information content (AvgIpc) is 3.05. The molecule has 2 aromatic rings. The predicted molar refractivity (Wildman–Crippen MR) is 96.3 cm³/mol. The molecule has 1 aliphatic rings. The largest absolute Gasteiger partial charge is 0.416 e. The molecule has 2 heterocycles. The number of aromatic nitrogens is 2. The van der Waals surface area contributed by atoms with E-state index in [0.717, 1.165) is 44.5 Å². The van der Waals surface area contributed by atoms with E-state index >= 15 is 0 Å². The second kappa shape index (κ2) is 8.72. The van der Waals surface area contributed by atoms with Gasteiger partial charge in [-0.2, -0.15) is 18.2 Å². The molecular weight excluding hydrogens is 373 g/mol. The number of halogens is 3. The number of amides is 1. The van der Waals surface area contributed by atoms with Gasteiger partial charge >= 0.3 is 6.18 Å². The molecule has 6 nitrogen and oxygen atoms in total. The second-order valence-electron chi connectivity index (χ2n) is 7.14. The molecule has 0 radical (unpaired) electrons. The zero-order chi connectivity index (χ0) is 20.1. The molecule has 1 aliphatic heterocycles. The third kappa shape index (κ3) is 5.79. The maximum Gasteiger partial charge on any atom is 0.416 e. The fourth-order valence-corrected chi connectivity index (χ4v) is 3.43. The van der Waals surface area contributed by atoms with Crippen molar-refractivity contribution in [1.82, 2.24) is 15.0 Å². The van der Waals surface area contributed by atoms with Crippen LogP contribution in [0, 0.1) is 12.8 Å². The van der Waals surface area contributed by atoms with Gasteiger partial charge in [0.05, 0.1) is 12.1 Å². The molecule has 1 aromatic carbocycles. The summed E-state index contributed by atoms with van der Waals surface area (Å²) in [5, 5.41) is 6.45. The Morgan fingerprint density at radius 2 is 2.07 bits per heavy atom. The molecule has 1 N–H and O–H groups in total. The van der Waals surface area contributed by atoms with Gasteiger partial charge in [0.1, 0.15) is 0 Å². The van der Waals surface area contributed by atoms with Crippen molar-refractivity contribution in [1.29, 1.82) is 0 Å². The third-order valence-corrected chi connectivity index (χ3v) is 4.81. The van der Waals surface area contributed by atoms with Crippen LogP contribution < -0.4 is 5.32 Å². The molecule has 28 heavy (non-hydrogen) atoms. The van der Waals surface area contributed by atoms with Crippen LogP contribution >= 0.6 is 0 Å². The van der Waals surface area contributed by atoms with Crippen LogP contribution in [0.25, 0.3) is 0 Å². The van der Waals surface area contributed by atoms with Gasteiger partial charge in [-0.15, -0.1) is 0 Å². The number of rotatable bonds is 6. The number of benzene rings is 1. The number of carbonyl (C=O) groups is 1. The normalized spacial score (nSPS) is 18.2. The summed E-state index contributed by atoms with van der Waals surface area (Å²) >= 11 is 0. The van der Waals surface area contributed by atoms with Crippen LogP contribution in [0.5, 0.6) is 0 Å². The van der Waals surface area contributed by atoms with E-state index in [2.05, 4.69) is 20.4 Å². The molecule has 1 saturated heterocycles. The fourth-order valence-electron chi connectivity index (χ4n) is 3.43. The maximum absolute atomic E-state index is 12.6. The minimum atomic E-state index is -4.38. The molecule has 152 valence electrons. The van der Waals surface area contributed by atoms with Crippen LogP contribution in [0.4, 0.5) is 18.9 Å². The molecule has 1 aromatic heterocycles. The topological polar surface area (TPSA) is 71.3 Å². The van der Waals surface area contributed by atoms with Gasteiger partial charge in [-0.05, 0) is 62.9 Å². The lowest BCUT2D eigenvalue weighted by molar-refractivity contribution is -0.137. The lowest BCUT2D eigenvalue weighted by atomic mass is 9.93. The molecule has 0 aliphatic carbocycles. The second-order valence-corrected chi connectivity index (χ2v) is 7.14. The van der Waals surface area contributed by atoms with Crippen molar-refractivity contribution in [3.8, 4) is 0 Å². The van der Waals surface area contributed by atoms with E-state index in [-0.39, 0.29) is 5.91 Å². The van der Waals surface area contributed by atoms with Crippen molar-refractivity contribution in [2.24, 2.45) is 5.92 Å². The first-order valence-electron chi connectivity index (χ1n) is 9.28. The van der Waals surface area contributed by atoms with Gasteiger partial charge < -0.3 is 9.84 Å². The fraction of sp³-hybridized carbons (Fsp3) is 0.526. The first-order valence-corrected chi connectivity index (χ1v) is 9.28. The molecule has 3 rings (SSSR count). The van der Waals surface area contributed by atoms with Crippen LogP contribution in [-0.4, -0.2) is 34.0 Å². The highest BCUT2D eigenvalue weighted by molar-refractivity contribution is 5.90. The molecular formula is C19H23F3N4O2. The number of aryl methyl sites for hydroxylation is 1. The maximum atomic E-state index is 12.6. The summed E-state index contributed by atoms with van der Waals surface area (Å²) in [6.45, 7) is 4.20. The Bertz CT molecular complexity index is 789. The van der Waals surface area contributed by atoms with E-state index in [1.54, 1.807) is 6.92 Å². The summed E-state index contributed by atoms with van der Waals surface area (Å²) in [4.78, 5) is 18.6. The summed E-state index contributed by atoms with van der Waals surface area (Å²) in [7, 11) is 0. The van der Waals surface area contributed by atoms with Crippen molar-refractivity contribution < 1.29 is 22.5 Å². The van der Waals surface area contributed by atoms with Crippen molar-refractivity contribution in [2.45, 2.75) is 45.3 Å². The smallest absolute Gasteiger partial charge is 0.338 e. The standard InChI is InChI=1S/C19H23F3N4O2/c1-13-23-18(28-25-13)12-26-10-2-3-14(11-26)4-9-17(27)24-16-7-5-15(6-8-16)19(20,21)22/h5-8,14H,2-4,9-12H2,1H3,(H,24,27)/t14-/m0/s1. The van der Waals surface area contributed by atoms with E-state index in [0.29, 0.717) is 36.3 Å². The van der Waals surface area contributed by atoms with Gasteiger partial charge in [0, 0.05) is 18.7 Å². The monoisotopic (exact) mass is 396 g/mol. The predicted octanol–water partition coefficient (Wildman–Crippen LogP) is 4.03. The Morgan fingerprint density at radius 3 is 2.71 bits per heavy atom. The minimum Gasteiger partial charge on any atom is -0.338 e. The quantitative estimate of drug-likeness (QED) is 0.798. The van der Waals surface area contributed by atoms with Crippen molar-refractivity contribution >= 4 is 11.6 Å². The molecule has 1 amide bonds. The Kier molecular flexibility index (Phi) is 6.33. The Morgan fingerprint density at radius 1 is 1.32 bits per heavy atom. The van der Waals surface area contributed by atoms with Gasteiger partial charge in [0.2, 0.25) is 11.8 Å². The SMILES string of the molecule is Cc1noc(CN2CCC[C@@H](CCC(=O)Nc3ccc(C(F)(F)F)cc3)C2)n1. The molecule has 1 fully saturated rings. The van der Waals surface area contributed by atoms with Crippen molar-refractivity contribution in [3.05, 3.63) is 41.5 Å². The molecule has 1 atom stereocenters. The number of hydrogen-bond acceptors (Lipinski definition) is 5. The van der Waals surface area contributed by atoms with Gasteiger partial charge in [0.15, 0.2) is 5.82 Å². The number of nitrogens with one attached hydrogen (secondary N) is 1. The number of anilines is 1. The Hall–Kier alpha value is -2.42. The summed E-state index contributed by atoms with van der Waals surface area (Å²) in [5.74, 6) is 1.40. The first kappa shape index (κ1) is 20.3. The van der Waals surface area contributed by atoms with Gasteiger partial charge in [-0.3, -0.25) is 9.69 Å². The lowest BCUT2D eigenvalue weighted by Gasteiger charge is -2.31. The number of alkyl halides is 3. The third-order valence-electron chi connectivity index (χ3n) is 4.81. The highest BCUT2D eigenvalue weighted by Gasteiger charge is 2.30. The number of likely N-dealkylation sites (tertiary alicyclic amines) is 1. The summed E-state index contributed by atoms with van der Waals surface area (Å²) < 4.78 is 42.9. The van der Waals surface area contributed by atoms with Gasteiger partial charge in [-0.25, -0.2) is 0 Å².